The van der Waals surface area contributed by atoms with E-state index in [1.807, 2.05) is 0 Å². The van der Waals surface area contributed by atoms with Gasteiger partial charge in [0.05, 0.1) is 5.56 Å². The maximum absolute atomic E-state index is 13.6. The number of halogens is 3. The Morgan fingerprint density at radius 2 is 1.95 bits per heavy atom. The number of rotatable bonds is 2. The number of aromatic nitrogens is 1. The molecule has 0 bridgehead atoms. The van der Waals surface area contributed by atoms with Crippen molar-refractivity contribution >= 4 is 33.3 Å². The predicted molar refractivity (Wildman–Crippen MR) is 70.7 cm³/mol. The SMILES string of the molecule is Nc1ncccc1C(=O)Nc1c(F)cc(Br)cc1F. The Balaban J connectivity index is 2.32. The number of nitrogens with one attached hydrogen (secondary N) is 1. The van der Waals surface area contributed by atoms with Crippen molar-refractivity contribution in [2.75, 3.05) is 11.1 Å². The van der Waals surface area contributed by atoms with Gasteiger partial charge in [-0.1, -0.05) is 15.9 Å². The van der Waals surface area contributed by atoms with Gasteiger partial charge in [-0.2, -0.15) is 0 Å². The normalized spacial score (nSPS) is 10.3. The van der Waals surface area contributed by atoms with Crippen molar-refractivity contribution in [1.82, 2.24) is 4.98 Å². The Kier molecular flexibility index (Phi) is 3.75. The fourth-order valence-corrected chi connectivity index (χ4v) is 1.85. The topological polar surface area (TPSA) is 68.0 Å². The van der Waals surface area contributed by atoms with E-state index >= 15 is 0 Å². The Hall–Kier alpha value is -2.02. The van der Waals surface area contributed by atoms with Gasteiger partial charge in [-0.3, -0.25) is 4.79 Å². The predicted octanol–water partition coefficient (Wildman–Crippen LogP) is 2.96. The van der Waals surface area contributed by atoms with E-state index in [1.165, 1.54) is 18.3 Å². The molecule has 1 amide bonds. The van der Waals surface area contributed by atoms with Crippen LogP contribution in [-0.4, -0.2) is 10.9 Å². The Morgan fingerprint density at radius 3 is 2.53 bits per heavy atom. The number of nitrogens with zero attached hydrogens (tertiary/aromatic N) is 1. The molecule has 0 spiro atoms. The second-order valence-corrected chi connectivity index (χ2v) is 4.55. The summed E-state index contributed by atoms with van der Waals surface area (Å²) in [5.74, 6) is -2.52. The van der Waals surface area contributed by atoms with Crippen molar-refractivity contribution in [2.24, 2.45) is 0 Å². The second-order valence-electron chi connectivity index (χ2n) is 3.63. The van der Waals surface area contributed by atoms with Gasteiger partial charge in [-0.05, 0) is 24.3 Å². The largest absolute Gasteiger partial charge is 0.383 e. The van der Waals surface area contributed by atoms with E-state index in [-0.39, 0.29) is 15.9 Å². The van der Waals surface area contributed by atoms with Gasteiger partial charge in [0.15, 0.2) is 11.6 Å². The Morgan fingerprint density at radius 1 is 1.32 bits per heavy atom. The molecule has 4 nitrogen and oxygen atoms in total. The van der Waals surface area contributed by atoms with Crippen LogP contribution in [0.5, 0.6) is 0 Å². The minimum absolute atomic E-state index is 0.0158. The summed E-state index contributed by atoms with van der Waals surface area (Å²) in [6.07, 6.45) is 1.41. The average Bonchev–Trinajstić information content (AvgIpc) is 2.34. The van der Waals surface area contributed by atoms with E-state index in [0.717, 1.165) is 12.1 Å². The van der Waals surface area contributed by atoms with Crippen LogP contribution in [-0.2, 0) is 0 Å². The molecule has 1 aromatic heterocycles. The van der Waals surface area contributed by atoms with E-state index in [4.69, 9.17) is 5.73 Å². The number of carbonyl (C=O) groups is 1. The van der Waals surface area contributed by atoms with Crippen LogP contribution in [0.2, 0.25) is 0 Å². The summed E-state index contributed by atoms with van der Waals surface area (Å²) in [5, 5.41) is 2.13. The lowest BCUT2D eigenvalue weighted by Crippen LogP contribution is -2.16. The van der Waals surface area contributed by atoms with Crippen LogP contribution in [0.15, 0.2) is 34.9 Å². The van der Waals surface area contributed by atoms with Crippen LogP contribution in [0.4, 0.5) is 20.3 Å². The first kappa shape index (κ1) is 13.4. The first-order chi connectivity index (χ1) is 8.99. The molecule has 0 aliphatic heterocycles. The summed E-state index contributed by atoms with van der Waals surface area (Å²) in [6.45, 7) is 0. The van der Waals surface area contributed by atoms with E-state index in [2.05, 4.69) is 26.2 Å². The number of benzene rings is 1. The third-order valence-electron chi connectivity index (χ3n) is 2.33. The van der Waals surface area contributed by atoms with E-state index in [9.17, 15) is 13.6 Å². The number of nitrogen functional groups attached to an aromatic ring is 1. The van der Waals surface area contributed by atoms with Crippen LogP contribution in [0.1, 0.15) is 10.4 Å². The highest BCUT2D eigenvalue weighted by Gasteiger charge is 2.16. The molecule has 1 aromatic carbocycles. The molecule has 2 aromatic rings. The highest BCUT2D eigenvalue weighted by Crippen LogP contribution is 2.24. The van der Waals surface area contributed by atoms with Gasteiger partial charge in [0.1, 0.15) is 11.5 Å². The molecule has 98 valence electrons. The van der Waals surface area contributed by atoms with E-state index in [1.54, 1.807) is 0 Å². The maximum atomic E-state index is 13.6. The van der Waals surface area contributed by atoms with E-state index < -0.39 is 23.2 Å². The number of nitrogens with two attached hydrogens (primary N) is 1. The number of carbonyl (C=O) groups excluding carboxylic acids is 1. The lowest BCUT2D eigenvalue weighted by molar-refractivity contribution is 0.102. The molecule has 0 aliphatic rings. The van der Waals surface area contributed by atoms with Gasteiger partial charge < -0.3 is 11.1 Å². The van der Waals surface area contributed by atoms with Crippen molar-refractivity contribution in [2.45, 2.75) is 0 Å². The highest BCUT2D eigenvalue weighted by molar-refractivity contribution is 9.10. The maximum Gasteiger partial charge on any atom is 0.259 e. The molecule has 0 fully saturated rings. The average molecular weight is 328 g/mol. The lowest BCUT2D eigenvalue weighted by Gasteiger charge is -2.09. The quantitative estimate of drug-likeness (QED) is 0.891. The zero-order valence-corrected chi connectivity index (χ0v) is 11.0. The first-order valence-corrected chi connectivity index (χ1v) is 5.94. The molecule has 7 heteroatoms. The van der Waals surface area contributed by atoms with Crippen molar-refractivity contribution < 1.29 is 13.6 Å². The van der Waals surface area contributed by atoms with Crippen LogP contribution >= 0.6 is 15.9 Å². The van der Waals surface area contributed by atoms with Crippen LogP contribution < -0.4 is 11.1 Å². The van der Waals surface area contributed by atoms with Crippen LogP contribution in [0, 0.1) is 11.6 Å². The standard InChI is InChI=1S/C12H8BrF2N3O/c13-6-4-8(14)10(9(15)5-6)18-12(19)7-2-1-3-17-11(7)16/h1-5H,(H2,16,17)(H,18,19). The molecular formula is C12H8BrF2N3O. The third-order valence-corrected chi connectivity index (χ3v) is 2.79. The van der Waals surface area contributed by atoms with Crippen molar-refractivity contribution in [3.63, 3.8) is 0 Å². The number of pyridine rings is 1. The van der Waals surface area contributed by atoms with Gasteiger partial charge in [0.25, 0.3) is 5.91 Å². The summed E-state index contributed by atoms with van der Waals surface area (Å²) in [4.78, 5) is 15.6. The van der Waals surface area contributed by atoms with Gasteiger partial charge in [-0.15, -0.1) is 0 Å². The number of hydrogen-bond donors (Lipinski definition) is 2. The number of anilines is 2. The highest BCUT2D eigenvalue weighted by atomic mass is 79.9. The summed E-state index contributed by atoms with van der Waals surface area (Å²) in [6, 6.07) is 5.00. The molecule has 0 saturated heterocycles. The number of amides is 1. The number of hydrogen-bond acceptors (Lipinski definition) is 3. The molecule has 2 rings (SSSR count). The third kappa shape index (κ3) is 2.87. The summed E-state index contributed by atoms with van der Waals surface area (Å²) in [5.41, 5.74) is 5.02. The molecule has 19 heavy (non-hydrogen) atoms. The Labute approximate surface area is 115 Å². The van der Waals surface area contributed by atoms with Crippen LogP contribution in [0.25, 0.3) is 0 Å². The molecule has 0 aliphatic carbocycles. The fraction of sp³-hybridized carbons (Fsp3) is 0. The van der Waals surface area contributed by atoms with Gasteiger partial charge in [-0.25, -0.2) is 13.8 Å². The molecule has 3 N–H and O–H groups in total. The molecule has 0 radical (unpaired) electrons. The zero-order valence-electron chi connectivity index (χ0n) is 9.45. The monoisotopic (exact) mass is 327 g/mol. The zero-order chi connectivity index (χ0) is 14.0. The molecule has 0 saturated carbocycles. The smallest absolute Gasteiger partial charge is 0.259 e. The van der Waals surface area contributed by atoms with Crippen molar-refractivity contribution in [3.05, 3.63) is 52.1 Å². The molecule has 0 atom stereocenters. The second kappa shape index (κ2) is 5.31. The molecule has 0 unspecified atom stereocenters. The summed E-state index contributed by atoms with van der Waals surface area (Å²) in [7, 11) is 0. The summed E-state index contributed by atoms with van der Waals surface area (Å²) < 4.78 is 27.4. The summed E-state index contributed by atoms with van der Waals surface area (Å²) >= 11 is 2.95. The minimum atomic E-state index is -0.886. The van der Waals surface area contributed by atoms with Gasteiger partial charge >= 0.3 is 0 Å². The lowest BCUT2D eigenvalue weighted by atomic mass is 10.2. The van der Waals surface area contributed by atoms with Crippen molar-refractivity contribution in [1.29, 1.82) is 0 Å². The Bertz CT molecular complexity index is 626. The molecule has 1 heterocycles. The first-order valence-electron chi connectivity index (χ1n) is 5.15. The van der Waals surface area contributed by atoms with Gasteiger partial charge in [0, 0.05) is 10.7 Å². The van der Waals surface area contributed by atoms with Crippen molar-refractivity contribution in [3.8, 4) is 0 Å². The minimum Gasteiger partial charge on any atom is -0.383 e. The van der Waals surface area contributed by atoms with Crippen LogP contribution in [0.3, 0.4) is 0 Å². The van der Waals surface area contributed by atoms with E-state index in [0.29, 0.717) is 0 Å². The fourth-order valence-electron chi connectivity index (χ4n) is 1.45. The molecular weight excluding hydrogens is 320 g/mol. The van der Waals surface area contributed by atoms with Gasteiger partial charge in [0.2, 0.25) is 0 Å².